The van der Waals surface area contributed by atoms with Crippen molar-refractivity contribution in [2.75, 3.05) is 19.6 Å². The molecule has 0 aromatic rings. The molecule has 0 amide bonds. The van der Waals surface area contributed by atoms with Crippen LogP contribution in [0.25, 0.3) is 0 Å². The first-order chi connectivity index (χ1) is 10.2. The van der Waals surface area contributed by atoms with Crippen molar-refractivity contribution in [1.82, 2.24) is 10.2 Å². The third kappa shape index (κ3) is 4.45. The van der Waals surface area contributed by atoms with Gasteiger partial charge in [0.1, 0.15) is 0 Å². The van der Waals surface area contributed by atoms with Crippen LogP contribution in [0.3, 0.4) is 0 Å². The smallest absolute Gasteiger partial charge is 0.0304 e. The van der Waals surface area contributed by atoms with Crippen molar-refractivity contribution in [1.29, 1.82) is 0 Å². The topological polar surface area (TPSA) is 15.3 Å². The molecule has 2 rings (SSSR count). The van der Waals surface area contributed by atoms with Gasteiger partial charge in [-0.25, -0.2) is 0 Å². The second kappa shape index (κ2) is 8.53. The van der Waals surface area contributed by atoms with Gasteiger partial charge in [-0.1, -0.05) is 52.9 Å². The maximum atomic E-state index is 3.96. The van der Waals surface area contributed by atoms with Crippen LogP contribution < -0.4 is 5.32 Å². The summed E-state index contributed by atoms with van der Waals surface area (Å²) in [7, 11) is 0. The zero-order chi connectivity index (χ0) is 15.1. The van der Waals surface area contributed by atoms with Gasteiger partial charge in [0, 0.05) is 24.7 Å². The molecule has 1 heterocycles. The van der Waals surface area contributed by atoms with E-state index in [0.717, 1.165) is 12.0 Å². The van der Waals surface area contributed by atoms with E-state index in [4.69, 9.17) is 0 Å². The van der Waals surface area contributed by atoms with E-state index in [0.29, 0.717) is 5.54 Å². The summed E-state index contributed by atoms with van der Waals surface area (Å²) in [6.07, 6.45) is 14.0. The van der Waals surface area contributed by atoms with Crippen molar-refractivity contribution in [2.45, 2.75) is 96.6 Å². The summed E-state index contributed by atoms with van der Waals surface area (Å²) >= 11 is 0. The van der Waals surface area contributed by atoms with Crippen LogP contribution in [-0.2, 0) is 0 Å². The second-order valence-corrected chi connectivity index (χ2v) is 7.51. The molecule has 1 atom stereocenters. The molecule has 0 aromatic heterocycles. The number of nitrogens with zero attached hydrogens (tertiary/aromatic N) is 1. The maximum Gasteiger partial charge on any atom is 0.0304 e. The van der Waals surface area contributed by atoms with Gasteiger partial charge in [-0.15, -0.1) is 0 Å². The minimum Gasteiger partial charge on any atom is -0.308 e. The van der Waals surface area contributed by atoms with Crippen LogP contribution in [0.15, 0.2) is 0 Å². The fourth-order valence-corrected chi connectivity index (χ4v) is 4.53. The lowest BCUT2D eigenvalue weighted by Gasteiger charge is -2.50. The number of hydrogen-bond donors (Lipinski definition) is 1. The van der Waals surface area contributed by atoms with Gasteiger partial charge in [0.2, 0.25) is 0 Å². The SMILES string of the molecule is CCCCCN1CC(CC)(CC)NCC1C1CCCCC1. The summed E-state index contributed by atoms with van der Waals surface area (Å²) in [5.74, 6) is 0.958. The third-order valence-electron chi connectivity index (χ3n) is 6.26. The van der Waals surface area contributed by atoms with Crippen LogP contribution >= 0.6 is 0 Å². The fraction of sp³-hybridized carbons (Fsp3) is 1.00. The summed E-state index contributed by atoms with van der Waals surface area (Å²) in [5, 5.41) is 3.96. The van der Waals surface area contributed by atoms with Crippen molar-refractivity contribution < 1.29 is 0 Å². The Labute approximate surface area is 133 Å². The van der Waals surface area contributed by atoms with Gasteiger partial charge >= 0.3 is 0 Å². The summed E-state index contributed by atoms with van der Waals surface area (Å²) in [5.41, 5.74) is 0.386. The van der Waals surface area contributed by atoms with E-state index in [-0.39, 0.29) is 0 Å². The van der Waals surface area contributed by atoms with E-state index in [1.54, 1.807) is 0 Å². The lowest BCUT2D eigenvalue weighted by Crippen LogP contribution is -2.65. The van der Waals surface area contributed by atoms with Crippen LogP contribution in [0, 0.1) is 5.92 Å². The molecule has 2 heteroatoms. The monoisotopic (exact) mass is 294 g/mol. The van der Waals surface area contributed by atoms with Crippen molar-refractivity contribution >= 4 is 0 Å². The minimum atomic E-state index is 0.386. The van der Waals surface area contributed by atoms with Crippen LogP contribution in [0.5, 0.6) is 0 Å². The molecule has 1 aliphatic heterocycles. The number of rotatable bonds is 7. The zero-order valence-electron chi connectivity index (χ0n) is 14.8. The first-order valence-electron chi connectivity index (χ1n) is 9.73. The molecule has 0 radical (unpaired) electrons. The van der Waals surface area contributed by atoms with Gasteiger partial charge in [0.05, 0.1) is 0 Å². The number of piperazine rings is 1. The van der Waals surface area contributed by atoms with Crippen molar-refractivity contribution in [3.8, 4) is 0 Å². The fourth-order valence-electron chi connectivity index (χ4n) is 4.53. The lowest BCUT2D eigenvalue weighted by molar-refractivity contribution is 0.0313. The Morgan fingerprint density at radius 3 is 2.33 bits per heavy atom. The molecular formula is C19H38N2. The molecule has 0 aromatic carbocycles. The Hall–Kier alpha value is -0.0800. The van der Waals surface area contributed by atoms with E-state index >= 15 is 0 Å². The predicted molar refractivity (Wildman–Crippen MR) is 92.8 cm³/mol. The van der Waals surface area contributed by atoms with Gasteiger partial charge in [-0.05, 0) is 44.6 Å². The molecule has 2 aliphatic rings. The highest BCUT2D eigenvalue weighted by molar-refractivity contribution is 4.98. The average molecular weight is 295 g/mol. The van der Waals surface area contributed by atoms with E-state index in [2.05, 4.69) is 31.0 Å². The molecule has 0 bridgehead atoms. The third-order valence-corrected chi connectivity index (χ3v) is 6.26. The van der Waals surface area contributed by atoms with E-state index in [1.807, 2.05) is 0 Å². The lowest BCUT2D eigenvalue weighted by atomic mass is 9.79. The molecule has 21 heavy (non-hydrogen) atoms. The van der Waals surface area contributed by atoms with Crippen LogP contribution in [0.1, 0.15) is 85.0 Å². The molecule has 2 nitrogen and oxygen atoms in total. The highest BCUT2D eigenvalue weighted by Gasteiger charge is 2.39. The average Bonchev–Trinajstić information content (AvgIpc) is 2.56. The Morgan fingerprint density at radius 1 is 1.00 bits per heavy atom. The number of nitrogens with one attached hydrogen (secondary N) is 1. The molecular weight excluding hydrogens is 256 g/mol. The molecule has 1 aliphatic carbocycles. The Balaban J connectivity index is 2.00. The summed E-state index contributed by atoms with van der Waals surface area (Å²) in [4.78, 5) is 2.88. The first-order valence-corrected chi connectivity index (χ1v) is 9.73. The van der Waals surface area contributed by atoms with Gasteiger partial charge in [0.15, 0.2) is 0 Å². The molecule has 0 spiro atoms. The summed E-state index contributed by atoms with van der Waals surface area (Å²) in [6, 6.07) is 0.813. The number of unbranched alkanes of at least 4 members (excludes halogenated alkanes) is 2. The second-order valence-electron chi connectivity index (χ2n) is 7.51. The highest BCUT2D eigenvalue weighted by atomic mass is 15.3. The minimum absolute atomic E-state index is 0.386. The van der Waals surface area contributed by atoms with E-state index in [9.17, 15) is 0 Å². The van der Waals surface area contributed by atoms with Crippen molar-refractivity contribution in [2.24, 2.45) is 5.92 Å². The van der Waals surface area contributed by atoms with Crippen molar-refractivity contribution in [3.63, 3.8) is 0 Å². The number of hydrogen-bond acceptors (Lipinski definition) is 2. The summed E-state index contributed by atoms with van der Waals surface area (Å²) in [6.45, 7) is 10.9. The zero-order valence-corrected chi connectivity index (χ0v) is 14.8. The standard InChI is InChI=1S/C19H38N2/c1-4-7-11-14-21-16-19(5-2,6-3)20-15-18(21)17-12-9-8-10-13-17/h17-18,20H,4-16H2,1-3H3. The largest absolute Gasteiger partial charge is 0.308 e. The summed E-state index contributed by atoms with van der Waals surface area (Å²) < 4.78 is 0. The van der Waals surface area contributed by atoms with Crippen molar-refractivity contribution in [3.05, 3.63) is 0 Å². The van der Waals surface area contributed by atoms with Gasteiger partial charge in [0.25, 0.3) is 0 Å². The van der Waals surface area contributed by atoms with Gasteiger partial charge < -0.3 is 5.32 Å². The van der Waals surface area contributed by atoms with Crippen LogP contribution in [0.4, 0.5) is 0 Å². The van der Waals surface area contributed by atoms with Crippen LogP contribution in [-0.4, -0.2) is 36.1 Å². The maximum absolute atomic E-state index is 3.96. The van der Waals surface area contributed by atoms with Crippen LogP contribution in [0.2, 0.25) is 0 Å². The predicted octanol–water partition coefficient (Wildman–Crippen LogP) is 4.59. The highest BCUT2D eigenvalue weighted by Crippen LogP contribution is 2.33. The van der Waals surface area contributed by atoms with Gasteiger partial charge in [-0.3, -0.25) is 4.90 Å². The molecule has 124 valence electrons. The Bertz CT molecular complexity index is 279. The van der Waals surface area contributed by atoms with Gasteiger partial charge in [-0.2, -0.15) is 0 Å². The van der Waals surface area contributed by atoms with E-state index < -0.39 is 0 Å². The quantitative estimate of drug-likeness (QED) is 0.691. The normalized spacial score (nSPS) is 27.9. The molecule has 1 saturated heterocycles. The first kappa shape index (κ1) is 17.3. The molecule has 2 fully saturated rings. The molecule has 1 N–H and O–H groups in total. The molecule has 1 unspecified atom stereocenters. The Kier molecular flexibility index (Phi) is 7.01. The molecule has 1 saturated carbocycles. The van der Waals surface area contributed by atoms with E-state index in [1.165, 1.54) is 83.8 Å². The Morgan fingerprint density at radius 2 is 1.71 bits per heavy atom.